The quantitative estimate of drug-likeness (QED) is 0.875. The van der Waals surface area contributed by atoms with Crippen LogP contribution in [0, 0.1) is 19.8 Å². The third-order valence-electron chi connectivity index (χ3n) is 3.86. The molecule has 2 rings (SSSR count). The minimum absolute atomic E-state index is 0.408. The molecule has 1 aromatic carbocycles. The lowest BCUT2D eigenvalue weighted by atomic mass is 10.1. The van der Waals surface area contributed by atoms with Crippen molar-refractivity contribution in [1.29, 1.82) is 0 Å². The molecule has 0 spiro atoms. The first kappa shape index (κ1) is 16.5. The summed E-state index contributed by atoms with van der Waals surface area (Å²) in [6.45, 7) is 9.16. The topological polar surface area (TPSA) is 53.4 Å². The van der Waals surface area contributed by atoms with Gasteiger partial charge in [0.05, 0.1) is 11.6 Å². The van der Waals surface area contributed by atoms with E-state index in [1.54, 1.807) is 18.3 Å². The van der Waals surface area contributed by atoms with E-state index < -0.39 is 11.9 Å². The maximum atomic E-state index is 11.0. The highest BCUT2D eigenvalue weighted by molar-refractivity contribution is 7.14. The van der Waals surface area contributed by atoms with Gasteiger partial charge in [-0.05, 0) is 38.0 Å². The van der Waals surface area contributed by atoms with Gasteiger partial charge in [-0.2, -0.15) is 0 Å². The summed E-state index contributed by atoms with van der Waals surface area (Å²) in [5.74, 6) is -1.18. The molecule has 1 heterocycles. The van der Waals surface area contributed by atoms with E-state index in [4.69, 9.17) is 5.11 Å². The van der Waals surface area contributed by atoms with Crippen LogP contribution in [0.25, 0.3) is 11.3 Å². The van der Waals surface area contributed by atoms with Crippen LogP contribution in [0.1, 0.15) is 25.0 Å². The highest BCUT2D eigenvalue weighted by Gasteiger charge is 2.18. The second-order valence-corrected chi connectivity index (χ2v) is 6.43. The Hall–Kier alpha value is -1.88. The van der Waals surface area contributed by atoms with Crippen molar-refractivity contribution in [2.24, 2.45) is 5.92 Å². The fourth-order valence-electron chi connectivity index (χ4n) is 2.19. The predicted molar refractivity (Wildman–Crippen MR) is 91.7 cm³/mol. The lowest BCUT2D eigenvalue weighted by Crippen LogP contribution is -2.31. The summed E-state index contributed by atoms with van der Waals surface area (Å²) in [5, 5.41) is 12.0. The van der Waals surface area contributed by atoms with E-state index >= 15 is 0 Å². The number of carboxylic acid groups (broad SMARTS) is 1. The van der Waals surface area contributed by atoms with Gasteiger partial charge in [-0.25, -0.2) is 4.98 Å². The molecule has 0 aliphatic carbocycles. The van der Waals surface area contributed by atoms with Crippen molar-refractivity contribution >= 4 is 22.4 Å². The van der Waals surface area contributed by atoms with Gasteiger partial charge in [-0.15, -0.1) is 11.3 Å². The Bertz CT molecular complexity index is 666. The smallest absolute Gasteiger partial charge is 0.308 e. The summed E-state index contributed by atoms with van der Waals surface area (Å²) in [7, 11) is 0. The second kappa shape index (κ2) is 6.92. The third-order valence-corrected chi connectivity index (χ3v) is 4.76. The zero-order valence-corrected chi connectivity index (χ0v) is 14.3. The zero-order valence-electron chi connectivity index (χ0n) is 13.5. The largest absolute Gasteiger partial charge is 0.481 e. The van der Waals surface area contributed by atoms with Crippen molar-refractivity contribution in [3.8, 4) is 11.3 Å². The van der Waals surface area contributed by atoms with E-state index in [1.807, 2.05) is 17.2 Å². The number of carbonyl (C=O) groups is 1. The number of hydrogen-bond donors (Lipinski definition) is 1. The Morgan fingerprint density at radius 2 is 2.09 bits per heavy atom. The van der Waals surface area contributed by atoms with Gasteiger partial charge in [-0.3, -0.25) is 4.79 Å². The molecule has 1 unspecified atom stereocenters. The van der Waals surface area contributed by atoms with Gasteiger partial charge >= 0.3 is 5.97 Å². The molecule has 0 radical (unpaired) electrons. The fraction of sp³-hybridized carbons (Fsp3) is 0.412. The molecule has 2 aromatic rings. The Balaban J connectivity index is 2.22. The van der Waals surface area contributed by atoms with Crippen LogP contribution in [0.4, 0.5) is 5.13 Å². The number of aliphatic carboxylic acids is 1. The normalized spacial score (nSPS) is 12.2. The molecule has 1 aromatic heterocycles. The van der Waals surface area contributed by atoms with Gasteiger partial charge in [0.15, 0.2) is 5.13 Å². The van der Waals surface area contributed by atoms with Crippen LogP contribution in [-0.2, 0) is 4.79 Å². The van der Waals surface area contributed by atoms with Crippen molar-refractivity contribution in [2.75, 3.05) is 18.0 Å². The van der Waals surface area contributed by atoms with E-state index in [9.17, 15) is 4.79 Å². The van der Waals surface area contributed by atoms with E-state index in [0.717, 1.165) is 22.9 Å². The van der Waals surface area contributed by atoms with Crippen LogP contribution in [0.15, 0.2) is 23.6 Å². The minimum atomic E-state index is -0.774. The summed E-state index contributed by atoms with van der Waals surface area (Å²) in [5.41, 5.74) is 4.57. The number of rotatable bonds is 6. The molecule has 118 valence electrons. The highest BCUT2D eigenvalue weighted by Crippen LogP contribution is 2.29. The standard InChI is InChI=1S/C17H22N2O2S/c1-5-19(9-13(4)16(20)21)17-18-15(10-22-17)14-7-6-11(2)12(3)8-14/h6-8,10,13H,5,9H2,1-4H3,(H,20,21). The monoisotopic (exact) mass is 318 g/mol. The molecule has 0 amide bonds. The van der Waals surface area contributed by atoms with Crippen LogP contribution in [0.5, 0.6) is 0 Å². The molecule has 1 N–H and O–H groups in total. The van der Waals surface area contributed by atoms with Gasteiger partial charge in [0.1, 0.15) is 0 Å². The molecule has 1 atom stereocenters. The lowest BCUT2D eigenvalue weighted by molar-refractivity contribution is -0.140. The number of nitrogens with zero attached hydrogens (tertiary/aromatic N) is 2. The number of hydrogen-bond acceptors (Lipinski definition) is 4. The van der Waals surface area contributed by atoms with Gasteiger partial charge in [-0.1, -0.05) is 19.1 Å². The lowest BCUT2D eigenvalue weighted by Gasteiger charge is -2.21. The Morgan fingerprint density at radius 1 is 1.36 bits per heavy atom. The van der Waals surface area contributed by atoms with Gasteiger partial charge < -0.3 is 10.0 Å². The van der Waals surface area contributed by atoms with Crippen molar-refractivity contribution < 1.29 is 9.90 Å². The molecule has 5 heteroatoms. The number of aromatic nitrogens is 1. The molecular weight excluding hydrogens is 296 g/mol. The van der Waals surface area contributed by atoms with Crippen LogP contribution in [0.3, 0.4) is 0 Å². The number of thiazole rings is 1. The van der Waals surface area contributed by atoms with Crippen molar-refractivity contribution in [1.82, 2.24) is 4.98 Å². The van der Waals surface area contributed by atoms with Gasteiger partial charge in [0.2, 0.25) is 0 Å². The maximum absolute atomic E-state index is 11.0. The molecule has 0 aliphatic rings. The Kier molecular flexibility index (Phi) is 5.19. The number of anilines is 1. The van der Waals surface area contributed by atoms with E-state index in [2.05, 4.69) is 37.0 Å². The molecular formula is C17H22N2O2S. The summed E-state index contributed by atoms with van der Waals surface area (Å²) in [6, 6.07) is 6.33. The minimum Gasteiger partial charge on any atom is -0.481 e. The summed E-state index contributed by atoms with van der Waals surface area (Å²) in [4.78, 5) is 17.7. The predicted octanol–water partition coefficient (Wildman–Crippen LogP) is 3.97. The van der Waals surface area contributed by atoms with E-state index in [1.165, 1.54) is 11.1 Å². The summed E-state index contributed by atoms with van der Waals surface area (Å²) >= 11 is 1.56. The van der Waals surface area contributed by atoms with Crippen molar-refractivity contribution in [3.63, 3.8) is 0 Å². The first-order chi connectivity index (χ1) is 10.4. The second-order valence-electron chi connectivity index (χ2n) is 5.59. The molecule has 0 aliphatic heterocycles. The van der Waals surface area contributed by atoms with Crippen LogP contribution in [-0.4, -0.2) is 29.1 Å². The maximum Gasteiger partial charge on any atom is 0.308 e. The Labute approximate surface area is 135 Å². The SMILES string of the molecule is CCN(CC(C)C(=O)O)c1nc(-c2ccc(C)c(C)c2)cs1. The van der Waals surface area contributed by atoms with Gasteiger partial charge in [0.25, 0.3) is 0 Å². The Morgan fingerprint density at radius 3 is 2.68 bits per heavy atom. The van der Waals surface area contributed by atoms with E-state index in [-0.39, 0.29) is 0 Å². The van der Waals surface area contributed by atoms with Crippen LogP contribution in [0.2, 0.25) is 0 Å². The first-order valence-corrected chi connectivity index (χ1v) is 8.31. The third kappa shape index (κ3) is 3.65. The van der Waals surface area contributed by atoms with Gasteiger partial charge in [0, 0.05) is 24.0 Å². The molecule has 22 heavy (non-hydrogen) atoms. The highest BCUT2D eigenvalue weighted by atomic mass is 32.1. The summed E-state index contributed by atoms with van der Waals surface area (Å²) < 4.78 is 0. The molecule has 0 bridgehead atoms. The molecule has 4 nitrogen and oxygen atoms in total. The average molecular weight is 318 g/mol. The van der Waals surface area contributed by atoms with Crippen LogP contribution < -0.4 is 4.90 Å². The molecule has 0 saturated carbocycles. The number of carboxylic acids is 1. The van der Waals surface area contributed by atoms with Crippen LogP contribution >= 0.6 is 11.3 Å². The summed E-state index contributed by atoms with van der Waals surface area (Å²) in [6.07, 6.45) is 0. The van der Waals surface area contributed by atoms with Crippen molar-refractivity contribution in [3.05, 3.63) is 34.7 Å². The van der Waals surface area contributed by atoms with Crippen molar-refractivity contribution in [2.45, 2.75) is 27.7 Å². The molecule has 0 fully saturated rings. The average Bonchev–Trinajstić information content (AvgIpc) is 2.96. The zero-order chi connectivity index (χ0) is 16.3. The van der Waals surface area contributed by atoms with E-state index in [0.29, 0.717) is 6.54 Å². The number of aryl methyl sites for hydroxylation is 2. The fourth-order valence-corrected chi connectivity index (χ4v) is 3.10. The first-order valence-electron chi connectivity index (χ1n) is 7.43. The molecule has 0 saturated heterocycles. The number of benzene rings is 1.